The highest BCUT2D eigenvalue weighted by molar-refractivity contribution is 5.80. The number of nitrogens with two attached hydrogens (primary N) is 1. The number of nitrogens with zero attached hydrogens (tertiary/aromatic N) is 3. The lowest BCUT2D eigenvalue weighted by Crippen LogP contribution is -2.34. The molecule has 4 rings (SSSR count). The molecule has 0 aliphatic carbocycles. The summed E-state index contributed by atoms with van der Waals surface area (Å²) in [5, 5.41) is 4.15. The monoisotopic (exact) mass is 378 g/mol. The Morgan fingerprint density at radius 2 is 1.86 bits per heavy atom. The van der Waals surface area contributed by atoms with Crippen molar-refractivity contribution < 1.29 is 8.91 Å². The molecule has 5 nitrogen and oxygen atoms in total. The van der Waals surface area contributed by atoms with Crippen molar-refractivity contribution in [1.29, 1.82) is 0 Å². The lowest BCUT2D eigenvalue weighted by molar-refractivity contribution is 0.417. The van der Waals surface area contributed by atoms with Gasteiger partial charge < -0.3 is 15.2 Å². The Morgan fingerprint density at radius 1 is 1.14 bits per heavy atom. The second-order valence-electron chi connectivity index (χ2n) is 7.08. The van der Waals surface area contributed by atoms with E-state index in [1.807, 2.05) is 48.2 Å². The zero-order chi connectivity index (χ0) is 19.5. The maximum absolute atomic E-state index is 14.0. The van der Waals surface area contributed by atoms with Crippen LogP contribution in [0.15, 0.2) is 64.1 Å². The van der Waals surface area contributed by atoms with Gasteiger partial charge in [-0.05, 0) is 30.0 Å². The largest absolute Gasteiger partial charge is 0.369 e. The predicted octanol–water partition coefficient (Wildman–Crippen LogP) is 4.67. The molecular formula is C22H23FN4O. The Balaban J connectivity index is 1.50. The summed E-state index contributed by atoms with van der Waals surface area (Å²) in [5.41, 5.74) is 9.34. The van der Waals surface area contributed by atoms with Crippen molar-refractivity contribution >= 4 is 11.8 Å². The molecule has 1 aliphatic rings. The Hall–Kier alpha value is -3.15. The molecule has 0 spiro atoms. The maximum atomic E-state index is 14.0. The lowest BCUT2D eigenvalue weighted by Gasteiger charge is -2.14. The topological polar surface area (TPSA) is 67.7 Å². The molecule has 2 N–H and O–H groups in total. The van der Waals surface area contributed by atoms with Gasteiger partial charge in [0.25, 0.3) is 5.88 Å². The fourth-order valence-electron chi connectivity index (χ4n) is 3.48. The molecular weight excluding hydrogens is 355 g/mol. The van der Waals surface area contributed by atoms with Gasteiger partial charge in [-0.1, -0.05) is 54.5 Å². The van der Waals surface area contributed by atoms with Gasteiger partial charge in [-0.3, -0.25) is 0 Å². The molecule has 0 bridgehead atoms. The number of aliphatic imine (C=N–C) groups is 1. The molecule has 2 aromatic carbocycles. The van der Waals surface area contributed by atoms with Crippen LogP contribution in [0.4, 0.5) is 10.3 Å². The molecule has 0 saturated carbocycles. The van der Waals surface area contributed by atoms with E-state index in [1.165, 1.54) is 6.07 Å². The Kier molecular flexibility index (Phi) is 5.10. The van der Waals surface area contributed by atoms with Crippen LogP contribution in [0.1, 0.15) is 36.9 Å². The summed E-state index contributed by atoms with van der Waals surface area (Å²) in [5.74, 6) is 0.685. The first kappa shape index (κ1) is 18.2. The van der Waals surface area contributed by atoms with Crippen LogP contribution in [0.3, 0.4) is 0 Å². The van der Waals surface area contributed by atoms with Crippen molar-refractivity contribution in [3.63, 3.8) is 0 Å². The fourth-order valence-corrected chi connectivity index (χ4v) is 3.48. The van der Waals surface area contributed by atoms with Crippen LogP contribution in [0, 0.1) is 5.82 Å². The first-order chi connectivity index (χ1) is 13.6. The lowest BCUT2D eigenvalue weighted by atomic mass is 9.95. The van der Waals surface area contributed by atoms with Crippen LogP contribution in [-0.2, 0) is 0 Å². The van der Waals surface area contributed by atoms with Crippen molar-refractivity contribution in [3.8, 4) is 11.1 Å². The van der Waals surface area contributed by atoms with Crippen LogP contribution >= 0.6 is 0 Å². The summed E-state index contributed by atoms with van der Waals surface area (Å²) in [6.07, 6.45) is 2.27. The summed E-state index contributed by atoms with van der Waals surface area (Å²) in [4.78, 5) is 6.40. The van der Waals surface area contributed by atoms with Gasteiger partial charge in [0.15, 0.2) is 5.96 Å². The van der Waals surface area contributed by atoms with Gasteiger partial charge >= 0.3 is 0 Å². The summed E-state index contributed by atoms with van der Waals surface area (Å²) in [6.45, 7) is 3.91. The van der Waals surface area contributed by atoms with Gasteiger partial charge in [0.05, 0.1) is 5.69 Å². The summed E-state index contributed by atoms with van der Waals surface area (Å²) in [7, 11) is 0. The minimum Gasteiger partial charge on any atom is -0.369 e. The number of benzene rings is 2. The number of hydrogen-bond donors (Lipinski definition) is 1. The smallest absolute Gasteiger partial charge is 0.253 e. The van der Waals surface area contributed by atoms with Crippen LogP contribution in [0.5, 0.6) is 0 Å². The van der Waals surface area contributed by atoms with E-state index >= 15 is 0 Å². The number of halogens is 1. The average molecular weight is 378 g/mol. The third-order valence-electron chi connectivity index (χ3n) is 5.21. The van der Waals surface area contributed by atoms with Crippen molar-refractivity contribution in [3.05, 3.63) is 71.7 Å². The van der Waals surface area contributed by atoms with Gasteiger partial charge in [0, 0.05) is 30.6 Å². The van der Waals surface area contributed by atoms with Crippen molar-refractivity contribution in [2.45, 2.75) is 25.7 Å². The molecule has 0 amide bonds. The molecule has 144 valence electrons. The molecule has 1 fully saturated rings. The molecule has 1 unspecified atom stereocenters. The first-order valence-electron chi connectivity index (χ1n) is 9.52. The highest BCUT2D eigenvalue weighted by atomic mass is 19.1. The first-order valence-corrected chi connectivity index (χ1v) is 9.52. The third kappa shape index (κ3) is 3.76. The molecule has 6 heteroatoms. The number of aromatic nitrogens is 1. The second-order valence-corrected chi connectivity index (χ2v) is 7.08. The summed E-state index contributed by atoms with van der Waals surface area (Å²) < 4.78 is 19.3. The Labute approximate surface area is 163 Å². The summed E-state index contributed by atoms with van der Waals surface area (Å²) in [6, 6.07) is 16.4. The second kappa shape index (κ2) is 7.84. The van der Waals surface area contributed by atoms with Gasteiger partial charge in [0.1, 0.15) is 5.82 Å². The molecule has 1 saturated heterocycles. The molecule has 1 aliphatic heterocycles. The molecule has 28 heavy (non-hydrogen) atoms. The van der Waals surface area contributed by atoms with E-state index in [-0.39, 0.29) is 11.7 Å². The van der Waals surface area contributed by atoms with Gasteiger partial charge in [-0.15, -0.1) is 0 Å². The quantitative estimate of drug-likeness (QED) is 0.529. The zero-order valence-corrected chi connectivity index (χ0v) is 15.8. The maximum Gasteiger partial charge on any atom is 0.253 e. The van der Waals surface area contributed by atoms with E-state index in [0.717, 1.165) is 42.8 Å². The van der Waals surface area contributed by atoms with Gasteiger partial charge in [-0.25, -0.2) is 4.39 Å². The van der Waals surface area contributed by atoms with Gasteiger partial charge in [-0.2, -0.15) is 4.99 Å². The normalized spacial score (nSPS) is 15.8. The van der Waals surface area contributed by atoms with E-state index < -0.39 is 0 Å². The number of guanidine groups is 1. The highest BCUT2D eigenvalue weighted by Gasteiger charge is 2.17. The Morgan fingerprint density at radius 3 is 2.57 bits per heavy atom. The molecule has 3 aromatic rings. The number of likely N-dealkylation sites (tertiary alicyclic amines) is 1. The third-order valence-corrected chi connectivity index (χ3v) is 5.21. The van der Waals surface area contributed by atoms with Crippen molar-refractivity contribution in [1.82, 2.24) is 10.1 Å². The molecule has 1 atom stereocenters. The predicted molar refractivity (Wildman–Crippen MR) is 108 cm³/mol. The van der Waals surface area contributed by atoms with E-state index in [0.29, 0.717) is 17.4 Å². The van der Waals surface area contributed by atoms with E-state index in [9.17, 15) is 4.39 Å². The molecule has 0 radical (unpaired) electrons. The minimum absolute atomic E-state index is 0.0235. The van der Waals surface area contributed by atoms with Crippen LogP contribution in [-0.4, -0.2) is 29.1 Å². The Bertz CT molecular complexity index is 974. The number of rotatable bonds is 4. The van der Waals surface area contributed by atoms with Crippen LogP contribution in [0.25, 0.3) is 11.1 Å². The van der Waals surface area contributed by atoms with E-state index in [4.69, 9.17) is 10.3 Å². The number of hydrogen-bond acceptors (Lipinski definition) is 3. The van der Waals surface area contributed by atoms with Crippen molar-refractivity contribution in [2.24, 2.45) is 10.7 Å². The van der Waals surface area contributed by atoms with Crippen LogP contribution in [0.2, 0.25) is 0 Å². The SMILES string of the molecule is CC(c1ccc(-c2ccccc2F)cc1)c1cc(/N=C(/N)N2CCCC2)on1. The van der Waals surface area contributed by atoms with Crippen LogP contribution < -0.4 is 5.73 Å². The molecule has 1 aromatic heterocycles. The zero-order valence-electron chi connectivity index (χ0n) is 15.8. The molecule has 2 heterocycles. The average Bonchev–Trinajstić information content (AvgIpc) is 3.40. The highest BCUT2D eigenvalue weighted by Crippen LogP contribution is 2.29. The standard InChI is InChI=1S/C22H23FN4O/c1-15(16-8-10-17(11-9-16)18-6-2-3-7-19(18)23)20-14-21(28-26-20)25-22(24)27-12-4-5-13-27/h2-3,6-11,14-15H,4-5,12-13H2,1H3,(H2,24,25). The van der Waals surface area contributed by atoms with E-state index in [2.05, 4.69) is 10.1 Å². The van der Waals surface area contributed by atoms with E-state index in [1.54, 1.807) is 12.1 Å². The minimum atomic E-state index is -0.224. The summed E-state index contributed by atoms with van der Waals surface area (Å²) >= 11 is 0. The fraction of sp³-hybridized carbons (Fsp3) is 0.273. The van der Waals surface area contributed by atoms with Crippen molar-refractivity contribution in [2.75, 3.05) is 13.1 Å². The van der Waals surface area contributed by atoms with Gasteiger partial charge in [0.2, 0.25) is 0 Å².